The monoisotopic (exact) mass is 397 g/mol. The highest BCUT2D eigenvalue weighted by Crippen LogP contribution is 2.28. The molecule has 6 heteroatoms. The second kappa shape index (κ2) is 8.23. The zero-order valence-electron chi connectivity index (χ0n) is 16.0. The summed E-state index contributed by atoms with van der Waals surface area (Å²) in [5, 5.41) is 0.566. The maximum absolute atomic E-state index is 12.5. The first-order valence-corrected chi connectivity index (χ1v) is 10.1. The Balaban J connectivity index is 1.28. The predicted molar refractivity (Wildman–Crippen MR) is 111 cm³/mol. The Bertz CT molecular complexity index is 977. The highest BCUT2D eigenvalue weighted by Gasteiger charge is 2.25. The molecule has 1 fully saturated rings. The smallest absolute Gasteiger partial charge is 0.225 e. The van der Waals surface area contributed by atoms with E-state index in [1.165, 1.54) is 5.56 Å². The van der Waals surface area contributed by atoms with Gasteiger partial charge in [-0.15, -0.1) is 0 Å². The molecule has 1 aliphatic heterocycles. The van der Waals surface area contributed by atoms with Gasteiger partial charge in [0.15, 0.2) is 0 Å². The molecule has 28 heavy (non-hydrogen) atoms. The average molecular weight is 398 g/mol. The van der Waals surface area contributed by atoms with Crippen molar-refractivity contribution in [3.8, 4) is 5.75 Å². The normalized spacial score (nSPS) is 15.1. The topological polar surface area (TPSA) is 58.2 Å². The Morgan fingerprint density at radius 2 is 2.04 bits per heavy atom. The summed E-state index contributed by atoms with van der Waals surface area (Å²) in [6, 6.07) is 13.6. The maximum Gasteiger partial charge on any atom is 0.225 e. The fraction of sp³-hybridized carbons (Fsp3) is 0.364. The van der Waals surface area contributed by atoms with Gasteiger partial charge in [-0.25, -0.2) is 4.98 Å². The lowest BCUT2D eigenvalue weighted by Gasteiger charge is -2.31. The van der Waals surface area contributed by atoms with Crippen LogP contribution in [0.1, 0.15) is 36.6 Å². The fourth-order valence-electron chi connectivity index (χ4n) is 3.71. The van der Waals surface area contributed by atoms with Crippen LogP contribution in [0.3, 0.4) is 0 Å². The molecule has 2 aromatic carbocycles. The number of hydrogen-bond acceptors (Lipinski definition) is 3. The van der Waals surface area contributed by atoms with E-state index in [1.54, 1.807) is 6.07 Å². The van der Waals surface area contributed by atoms with Crippen LogP contribution in [0, 0.1) is 6.92 Å². The molecule has 2 heterocycles. The van der Waals surface area contributed by atoms with E-state index in [0.29, 0.717) is 29.7 Å². The van der Waals surface area contributed by atoms with Crippen molar-refractivity contribution in [3.63, 3.8) is 0 Å². The lowest BCUT2D eigenvalue weighted by molar-refractivity contribution is -0.132. The number of H-pyrrole nitrogens is 1. The van der Waals surface area contributed by atoms with Crippen molar-refractivity contribution in [2.45, 2.75) is 32.1 Å². The second-order valence-electron chi connectivity index (χ2n) is 7.33. The summed E-state index contributed by atoms with van der Waals surface area (Å²) >= 11 is 6.07. The molecule has 0 spiro atoms. The number of carbonyl (C=O) groups is 1. The summed E-state index contributed by atoms with van der Waals surface area (Å²) in [5.74, 6) is 2.16. The number of piperidine rings is 1. The van der Waals surface area contributed by atoms with Gasteiger partial charge in [0.2, 0.25) is 5.91 Å². The molecular weight excluding hydrogens is 374 g/mol. The fourth-order valence-corrected chi connectivity index (χ4v) is 3.90. The van der Waals surface area contributed by atoms with Gasteiger partial charge in [0.05, 0.1) is 29.1 Å². The summed E-state index contributed by atoms with van der Waals surface area (Å²) in [4.78, 5) is 22.6. The highest BCUT2D eigenvalue weighted by molar-refractivity contribution is 6.32. The van der Waals surface area contributed by atoms with E-state index in [1.807, 2.05) is 23.1 Å². The minimum atomic E-state index is 0.130. The van der Waals surface area contributed by atoms with Crippen molar-refractivity contribution in [1.29, 1.82) is 0 Å². The van der Waals surface area contributed by atoms with Gasteiger partial charge >= 0.3 is 0 Å². The van der Waals surface area contributed by atoms with E-state index in [9.17, 15) is 4.79 Å². The molecule has 4 rings (SSSR count). The van der Waals surface area contributed by atoms with Crippen LogP contribution >= 0.6 is 11.6 Å². The molecule has 3 aromatic rings. The van der Waals surface area contributed by atoms with Crippen molar-refractivity contribution >= 4 is 28.5 Å². The number of likely N-dealkylation sites (tertiary alicyclic amines) is 1. The molecule has 1 saturated heterocycles. The SMILES string of the molecule is Cc1ccc2nc(C3CCN(C(=O)CCOc4ccccc4Cl)CC3)[nH]c2c1. The Morgan fingerprint density at radius 1 is 1.25 bits per heavy atom. The minimum Gasteiger partial charge on any atom is -0.491 e. The quantitative estimate of drug-likeness (QED) is 0.678. The Kier molecular flexibility index (Phi) is 5.53. The van der Waals surface area contributed by atoms with Crippen molar-refractivity contribution in [2.24, 2.45) is 0 Å². The number of imidazole rings is 1. The molecule has 1 N–H and O–H groups in total. The zero-order chi connectivity index (χ0) is 19.5. The van der Waals surface area contributed by atoms with E-state index in [-0.39, 0.29) is 5.91 Å². The summed E-state index contributed by atoms with van der Waals surface area (Å²) in [6.07, 6.45) is 2.21. The molecule has 1 aromatic heterocycles. The number of aryl methyl sites for hydroxylation is 1. The third-order valence-corrected chi connectivity index (χ3v) is 5.61. The van der Waals surface area contributed by atoms with E-state index in [4.69, 9.17) is 21.3 Å². The Morgan fingerprint density at radius 3 is 2.82 bits per heavy atom. The van der Waals surface area contributed by atoms with E-state index in [0.717, 1.165) is 42.8 Å². The number of ether oxygens (including phenoxy) is 1. The number of hydrogen-bond donors (Lipinski definition) is 1. The summed E-state index contributed by atoms with van der Waals surface area (Å²) in [5.41, 5.74) is 3.32. The molecule has 0 radical (unpaired) electrons. The van der Waals surface area contributed by atoms with Crippen LogP contribution in [0.2, 0.25) is 5.02 Å². The van der Waals surface area contributed by atoms with Crippen LogP contribution in [0.5, 0.6) is 5.75 Å². The van der Waals surface area contributed by atoms with E-state index >= 15 is 0 Å². The van der Waals surface area contributed by atoms with Crippen molar-refractivity contribution in [3.05, 3.63) is 58.9 Å². The van der Waals surface area contributed by atoms with Crippen LogP contribution in [0.15, 0.2) is 42.5 Å². The molecule has 0 unspecified atom stereocenters. The molecule has 0 saturated carbocycles. The molecule has 0 bridgehead atoms. The van der Waals surface area contributed by atoms with Gasteiger partial charge in [-0.2, -0.15) is 0 Å². The number of aromatic amines is 1. The molecule has 146 valence electrons. The number of benzene rings is 2. The molecule has 5 nitrogen and oxygen atoms in total. The van der Waals surface area contributed by atoms with Crippen molar-refractivity contribution in [2.75, 3.05) is 19.7 Å². The third kappa shape index (κ3) is 4.14. The number of para-hydroxylation sites is 1. The van der Waals surface area contributed by atoms with Gasteiger partial charge in [-0.3, -0.25) is 4.79 Å². The molecule has 0 atom stereocenters. The summed E-state index contributed by atoms with van der Waals surface area (Å²) in [7, 11) is 0. The van der Waals surface area contributed by atoms with Gasteiger partial charge in [0.25, 0.3) is 0 Å². The average Bonchev–Trinajstić information content (AvgIpc) is 3.12. The lowest BCUT2D eigenvalue weighted by Crippen LogP contribution is -2.38. The lowest BCUT2D eigenvalue weighted by atomic mass is 9.96. The number of rotatable bonds is 5. The number of fused-ring (bicyclic) bond motifs is 1. The highest BCUT2D eigenvalue weighted by atomic mass is 35.5. The molecular formula is C22H24ClN3O2. The Hall–Kier alpha value is -2.53. The zero-order valence-corrected chi connectivity index (χ0v) is 16.7. The van der Waals surface area contributed by atoms with Gasteiger partial charge < -0.3 is 14.6 Å². The van der Waals surface area contributed by atoms with Gasteiger partial charge in [0, 0.05) is 19.0 Å². The van der Waals surface area contributed by atoms with Gasteiger partial charge in [-0.05, 0) is 49.6 Å². The number of nitrogens with zero attached hydrogens (tertiary/aromatic N) is 2. The molecule has 0 aliphatic carbocycles. The largest absolute Gasteiger partial charge is 0.491 e. The molecule has 1 aliphatic rings. The molecule has 1 amide bonds. The summed E-state index contributed by atoms with van der Waals surface area (Å²) in [6.45, 7) is 3.93. The number of aromatic nitrogens is 2. The standard InChI is InChI=1S/C22H24ClN3O2/c1-15-6-7-18-19(14-15)25-22(24-18)16-8-11-26(12-9-16)21(27)10-13-28-20-5-3-2-4-17(20)23/h2-7,14,16H,8-13H2,1H3,(H,24,25). The van der Waals surface area contributed by atoms with Crippen LogP contribution in [-0.4, -0.2) is 40.5 Å². The minimum absolute atomic E-state index is 0.130. The number of nitrogens with one attached hydrogen (secondary N) is 1. The van der Waals surface area contributed by atoms with E-state index < -0.39 is 0 Å². The maximum atomic E-state index is 12.5. The number of carbonyl (C=O) groups excluding carboxylic acids is 1. The first kappa shape index (κ1) is 18.8. The van der Waals surface area contributed by atoms with Crippen molar-refractivity contribution < 1.29 is 9.53 Å². The van der Waals surface area contributed by atoms with Crippen LogP contribution in [-0.2, 0) is 4.79 Å². The van der Waals surface area contributed by atoms with Crippen LogP contribution in [0.4, 0.5) is 0 Å². The van der Waals surface area contributed by atoms with Gasteiger partial charge in [0.1, 0.15) is 11.6 Å². The predicted octanol–water partition coefficient (Wildman–Crippen LogP) is 4.70. The van der Waals surface area contributed by atoms with Gasteiger partial charge in [-0.1, -0.05) is 29.8 Å². The van der Waals surface area contributed by atoms with Crippen LogP contribution < -0.4 is 4.74 Å². The third-order valence-electron chi connectivity index (χ3n) is 5.30. The second-order valence-corrected chi connectivity index (χ2v) is 7.73. The summed E-state index contributed by atoms with van der Waals surface area (Å²) < 4.78 is 5.64. The Labute approximate surface area is 169 Å². The van der Waals surface area contributed by atoms with Crippen molar-refractivity contribution in [1.82, 2.24) is 14.9 Å². The van der Waals surface area contributed by atoms with E-state index in [2.05, 4.69) is 30.1 Å². The first-order chi connectivity index (χ1) is 13.6. The number of halogens is 1. The first-order valence-electron chi connectivity index (χ1n) is 9.71. The van der Waals surface area contributed by atoms with Crippen LogP contribution in [0.25, 0.3) is 11.0 Å². The number of amides is 1.